The molecule has 112 valence electrons. The molecule has 1 unspecified atom stereocenters. The van der Waals surface area contributed by atoms with E-state index in [4.69, 9.17) is 4.74 Å². The molecule has 0 spiro atoms. The molecule has 0 aliphatic heterocycles. The van der Waals surface area contributed by atoms with Crippen molar-refractivity contribution in [2.45, 2.75) is 39.8 Å². The van der Waals surface area contributed by atoms with Crippen LogP contribution in [0.1, 0.15) is 41.6 Å². The molecule has 0 fully saturated rings. The van der Waals surface area contributed by atoms with Crippen LogP contribution in [0.15, 0.2) is 42.5 Å². The summed E-state index contributed by atoms with van der Waals surface area (Å²) in [5, 5.41) is 3.67. The van der Waals surface area contributed by atoms with Gasteiger partial charge in [0.15, 0.2) is 0 Å². The van der Waals surface area contributed by atoms with Gasteiger partial charge in [-0.15, -0.1) is 0 Å². The van der Waals surface area contributed by atoms with Gasteiger partial charge in [0.05, 0.1) is 7.11 Å². The summed E-state index contributed by atoms with van der Waals surface area (Å²) in [7, 11) is 1.70. The Kier molecular flexibility index (Phi) is 5.40. The number of methoxy groups -OCH3 is 1. The Morgan fingerprint density at radius 3 is 2.38 bits per heavy atom. The summed E-state index contributed by atoms with van der Waals surface area (Å²) in [6, 6.07) is 15.3. The van der Waals surface area contributed by atoms with E-state index in [9.17, 15) is 0 Å². The molecule has 0 aliphatic carbocycles. The molecule has 0 bridgehead atoms. The number of benzene rings is 2. The third-order valence-electron chi connectivity index (χ3n) is 3.97. The van der Waals surface area contributed by atoms with Crippen LogP contribution in [0, 0.1) is 13.8 Å². The Hall–Kier alpha value is -1.80. The predicted octanol–water partition coefficient (Wildman–Crippen LogP) is 4.55. The minimum absolute atomic E-state index is 0.371. The quantitative estimate of drug-likeness (QED) is 0.839. The summed E-state index contributed by atoms with van der Waals surface area (Å²) in [5.41, 5.74) is 5.35. The summed E-state index contributed by atoms with van der Waals surface area (Å²) in [5.74, 6) is 0.906. The monoisotopic (exact) mass is 283 g/mol. The van der Waals surface area contributed by atoms with Crippen LogP contribution >= 0.6 is 0 Å². The highest BCUT2D eigenvalue weighted by atomic mass is 16.5. The first-order valence-corrected chi connectivity index (χ1v) is 7.57. The molecule has 2 heteroatoms. The second-order valence-corrected chi connectivity index (χ2v) is 5.54. The van der Waals surface area contributed by atoms with E-state index >= 15 is 0 Å². The van der Waals surface area contributed by atoms with Crippen molar-refractivity contribution in [2.24, 2.45) is 0 Å². The van der Waals surface area contributed by atoms with Crippen molar-refractivity contribution < 1.29 is 4.74 Å². The molecule has 0 amide bonds. The smallest absolute Gasteiger partial charge is 0.118 e. The van der Waals surface area contributed by atoms with Crippen molar-refractivity contribution in [2.75, 3.05) is 7.11 Å². The zero-order valence-electron chi connectivity index (χ0n) is 13.4. The first-order chi connectivity index (χ1) is 10.1. The molecule has 2 aromatic rings. The van der Waals surface area contributed by atoms with E-state index in [1.54, 1.807) is 7.11 Å². The summed E-state index contributed by atoms with van der Waals surface area (Å²) in [4.78, 5) is 0. The van der Waals surface area contributed by atoms with Gasteiger partial charge in [0, 0.05) is 12.6 Å². The van der Waals surface area contributed by atoms with Gasteiger partial charge in [-0.25, -0.2) is 0 Å². The third-order valence-corrected chi connectivity index (χ3v) is 3.97. The minimum atomic E-state index is 0.371. The van der Waals surface area contributed by atoms with Gasteiger partial charge in [-0.3, -0.25) is 0 Å². The van der Waals surface area contributed by atoms with Crippen LogP contribution in [-0.2, 0) is 6.54 Å². The minimum Gasteiger partial charge on any atom is -0.497 e. The zero-order valence-corrected chi connectivity index (χ0v) is 13.4. The number of rotatable bonds is 6. The van der Waals surface area contributed by atoms with E-state index in [-0.39, 0.29) is 0 Å². The van der Waals surface area contributed by atoms with Crippen molar-refractivity contribution in [3.8, 4) is 5.75 Å². The summed E-state index contributed by atoms with van der Waals surface area (Å²) < 4.78 is 5.22. The lowest BCUT2D eigenvalue weighted by atomic mass is 10.0. The molecule has 2 nitrogen and oxygen atoms in total. The van der Waals surface area contributed by atoms with Gasteiger partial charge >= 0.3 is 0 Å². The maximum atomic E-state index is 5.22. The van der Waals surface area contributed by atoms with Gasteiger partial charge in [-0.05, 0) is 49.1 Å². The highest BCUT2D eigenvalue weighted by Gasteiger charge is 2.09. The maximum Gasteiger partial charge on any atom is 0.118 e. The van der Waals surface area contributed by atoms with Crippen LogP contribution in [-0.4, -0.2) is 7.11 Å². The number of hydrogen-bond acceptors (Lipinski definition) is 2. The van der Waals surface area contributed by atoms with Gasteiger partial charge in [-0.2, -0.15) is 0 Å². The second kappa shape index (κ2) is 7.28. The molecular formula is C19H25NO. The topological polar surface area (TPSA) is 21.3 Å². The van der Waals surface area contributed by atoms with Crippen LogP contribution in [0.3, 0.4) is 0 Å². The molecule has 0 saturated carbocycles. The van der Waals surface area contributed by atoms with Crippen molar-refractivity contribution >= 4 is 0 Å². The Balaban J connectivity index is 2.06. The van der Waals surface area contributed by atoms with Crippen molar-refractivity contribution in [1.29, 1.82) is 0 Å². The predicted molar refractivity (Wildman–Crippen MR) is 88.8 cm³/mol. The SMILES string of the molecule is CCC(NCc1cc(C)ccc1C)c1ccc(OC)cc1. The van der Waals surface area contributed by atoms with Gasteiger partial charge in [0.25, 0.3) is 0 Å². The second-order valence-electron chi connectivity index (χ2n) is 5.54. The van der Waals surface area contributed by atoms with E-state index in [2.05, 4.69) is 56.4 Å². The number of nitrogens with one attached hydrogen (secondary N) is 1. The van der Waals surface area contributed by atoms with Gasteiger partial charge in [0.2, 0.25) is 0 Å². The van der Waals surface area contributed by atoms with Gasteiger partial charge in [-0.1, -0.05) is 42.8 Å². The average molecular weight is 283 g/mol. The molecule has 1 atom stereocenters. The Morgan fingerprint density at radius 1 is 1.05 bits per heavy atom. The first kappa shape index (κ1) is 15.6. The molecule has 2 rings (SSSR count). The van der Waals surface area contributed by atoms with E-state index in [1.165, 1.54) is 22.3 Å². The molecule has 2 aromatic carbocycles. The van der Waals surface area contributed by atoms with E-state index in [0.29, 0.717) is 6.04 Å². The highest BCUT2D eigenvalue weighted by Crippen LogP contribution is 2.21. The molecule has 0 aromatic heterocycles. The number of hydrogen-bond donors (Lipinski definition) is 1. The Labute approximate surface area is 128 Å². The van der Waals surface area contributed by atoms with Crippen molar-refractivity contribution in [3.05, 3.63) is 64.7 Å². The molecule has 0 saturated heterocycles. The van der Waals surface area contributed by atoms with Crippen LogP contribution in [0.5, 0.6) is 5.75 Å². The normalized spacial score (nSPS) is 12.2. The molecule has 0 aliphatic rings. The van der Waals surface area contributed by atoms with E-state index in [1.807, 2.05) is 12.1 Å². The Morgan fingerprint density at radius 2 is 1.76 bits per heavy atom. The largest absolute Gasteiger partial charge is 0.497 e. The summed E-state index contributed by atoms with van der Waals surface area (Å²) in [6.45, 7) is 7.43. The lowest BCUT2D eigenvalue weighted by Crippen LogP contribution is -2.20. The van der Waals surface area contributed by atoms with E-state index < -0.39 is 0 Å². The lowest BCUT2D eigenvalue weighted by Gasteiger charge is -2.19. The van der Waals surface area contributed by atoms with Crippen molar-refractivity contribution in [3.63, 3.8) is 0 Å². The first-order valence-electron chi connectivity index (χ1n) is 7.57. The fourth-order valence-electron chi connectivity index (χ4n) is 2.56. The third kappa shape index (κ3) is 4.08. The number of ether oxygens (including phenoxy) is 1. The van der Waals surface area contributed by atoms with Crippen LogP contribution in [0.4, 0.5) is 0 Å². The number of aryl methyl sites for hydroxylation is 2. The Bertz CT molecular complexity index is 575. The molecule has 21 heavy (non-hydrogen) atoms. The average Bonchev–Trinajstić information content (AvgIpc) is 2.51. The van der Waals surface area contributed by atoms with Crippen LogP contribution < -0.4 is 10.1 Å². The molecule has 0 radical (unpaired) electrons. The summed E-state index contributed by atoms with van der Waals surface area (Å²) >= 11 is 0. The van der Waals surface area contributed by atoms with E-state index in [0.717, 1.165) is 18.7 Å². The van der Waals surface area contributed by atoms with Crippen LogP contribution in [0.2, 0.25) is 0 Å². The molecule has 1 N–H and O–H groups in total. The fraction of sp³-hybridized carbons (Fsp3) is 0.368. The van der Waals surface area contributed by atoms with Gasteiger partial charge in [0.1, 0.15) is 5.75 Å². The van der Waals surface area contributed by atoms with Gasteiger partial charge < -0.3 is 10.1 Å². The lowest BCUT2D eigenvalue weighted by molar-refractivity contribution is 0.414. The fourth-order valence-corrected chi connectivity index (χ4v) is 2.56. The molecule has 0 heterocycles. The molecular weight excluding hydrogens is 258 g/mol. The van der Waals surface area contributed by atoms with Crippen LogP contribution in [0.25, 0.3) is 0 Å². The zero-order chi connectivity index (χ0) is 15.2. The summed E-state index contributed by atoms with van der Waals surface area (Å²) in [6.07, 6.45) is 1.07. The maximum absolute atomic E-state index is 5.22. The highest BCUT2D eigenvalue weighted by molar-refractivity contribution is 5.31. The van der Waals surface area contributed by atoms with Crippen molar-refractivity contribution in [1.82, 2.24) is 5.32 Å². The standard InChI is InChI=1S/C19H25NO/c1-5-19(16-8-10-18(21-4)11-9-16)20-13-17-12-14(2)6-7-15(17)3/h6-12,19-20H,5,13H2,1-4H3.